The van der Waals surface area contributed by atoms with Crippen LogP contribution >= 0.6 is 11.6 Å². The number of fused-ring (bicyclic) bond motifs is 1. The number of benzene rings is 3. The van der Waals surface area contributed by atoms with Crippen LogP contribution in [-0.2, 0) is 4.79 Å². The molecule has 3 nitrogen and oxygen atoms in total. The standard InChI is InChI=1S/C21H20ClNO2/c1-14(17-8-7-16-5-3-4-6-18(16)13-17)23-21(24)15(2)25-20-11-9-19(22)10-12-20/h3-15H,1-2H3,(H,23,24)/t14-,15-/m1/s1. The first-order valence-corrected chi connectivity index (χ1v) is 8.62. The van der Waals surface area contributed by atoms with Crippen LogP contribution in [0.2, 0.25) is 5.02 Å². The molecule has 0 bridgehead atoms. The Bertz CT molecular complexity index is 876. The summed E-state index contributed by atoms with van der Waals surface area (Å²) < 4.78 is 5.67. The zero-order valence-electron chi connectivity index (χ0n) is 14.2. The molecule has 0 heterocycles. The summed E-state index contributed by atoms with van der Waals surface area (Å²) >= 11 is 5.85. The molecule has 0 aromatic heterocycles. The van der Waals surface area contributed by atoms with Gasteiger partial charge < -0.3 is 10.1 Å². The lowest BCUT2D eigenvalue weighted by Crippen LogP contribution is -2.37. The first-order valence-electron chi connectivity index (χ1n) is 8.24. The fourth-order valence-corrected chi connectivity index (χ4v) is 2.79. The van der Waals surface area contributed by atoms with Gasteiger partial charge in [0.1, 0.15) is 5.75 Å². The average Bonchev–Trinajstić information content (AvgIpc) is 2.63. The Morgan fingerprint density at radius 2 is 1.64 bits per heavy atom. The molecule has 2 atom stereocenters. The van der Waals surface area contributed by atoms with E-state index >= 15 is 0 Å². The number of hydrogen-bond donors (Lipinski definition) is 1. The molecule has 3 rings (SSSR count). The van der Waals surface area contributed by atoms with E-state index in [0.717, 1.165) is 10.9 Å². The van der Waals surface area contributed by atoms with E-state index in [9.17, 15) is 4.79 Å². The van der Waals surface area contributed by atoms with Gasteiger partial charge in [0.25, 0.3) is 5.91 Å². The minimum atomic E-state index is -0.593. The van der Waals surface area contributed by atoms with E-state index in [1.54, 1.807) is 31.2 Å². The summed E-state index contributed by atoms with van der Waals surface area (Å²) in [6, 6.07) is 21.2. The van der Waals surface area contributed by atoms with E-state index in [1.165, 1.54) is 5.39 Å². The maximum absolute atomic E-state index is 12.4. The molecular formula is C21H20ClNO2. The van der Waals surface area contributed by atoms with Gasteiger partial charge >= 0.3 is 0 Å². The van der Waals surface area contributed by atoms with Gasteiger partial charge in [0.05, 0.1) is 6.04 Å². The van der Waals surface area contributed by atoms with E-state index < -0.39 is 6.10 Å². The Kier molecular flexibility index (Phi) is 5.25. The van der Waals surface area contributed by atoms with Crippen LogP contribution in [0.15, 0.2) is 66.7 Å². The second kappa shape index (κ2) is 7.58. The summed E-state index contributed by atoms with van der Waals surface area (Å²) in [5.74, 6) is 0.459. The molecule has 0 aliphatic carbocycles. The molecule has 3 aromatic carbocycles. The molecule has 0 aliphatic rings. The third kappa shape index (κ3) is 4.31. The first-order chi connectivity index (χ1) is 12.0. The Morgan fingerprint density at radius 1 is 0.960 bits per heavy atom. The molecule has 0 spiro atoms. The minimum Gasteiger partial charge on any atom is -0.481 e. The van der Waals surface area contributed by atoms with Gasteiger partial charge in [0.2, 0.25) is 0 Å². The number of carbonyl (C=O) groups excluding carboxylic acids is 1. The molecule has 0 saturated heterocycles. The van der Waals surface area contributed by atoms with Crippen LogP contribution in [0.25, 0.3) is 10.8 Å². The maximum atomic E-state index is 12.4. The van der Waals surface area contributed by atoms with Crippen LogP contribution in [-0.4, -0.2) is 12.0 Å². The number of carbonyl (C=O) groups is 1. The largest absolute Gasteiger partial charge is 0.481 e. The highest BCUT2D eigenvalue weighted by atomic mass is 35.5. The Labute approximate surface area is 152 Å². The van der Waals surface area contributed by atoms with Crippen molar-refractivity contribution in [3.8, 4) is 5.75 Å². The van der Waals surface area contributed by atoms with Gasteiger partial charge in [-0.25, -0.2) is 0 Å². The summed E-state index contributed by atoms with van der Waals surface area (Å²) in [6.07, 6.45) is -0.593. The Morgan fingerprint density at radius 3 is 2.36 bits per heavy atom. The summed E-state index contributed by atoms with van der Waals surface area (Å²) in [5.41, 5.74) is 1.06. The first kappa shape index (κ1) is 17.3. The van der Waals surface area contributed by atoms with E-state index in [1.807, 2.05) is 25.1 Å². The third-order valence-electron chi connectivity index (χ3n) is 4.13. The SMILES string of the molecule is C[C@@H](Oc1ccc(Cl)cc1)C(=O)N[C@H](C)c1ccc2ccccc2c1. The molecule has 0 fully saturated rings. The van der Waals surface area contributed by atoms with Crippen molar-refractivity contribution in [1.82, 2.24) is 5.32 Å². The highest BCUT2D eigenvalue weighted by molar-refractivity contribution is 6.30. The quantitative estimate of drug-likeness (QED) is 0.689. The third-order valence-corrected chi connectivity index (χ3v) is 4.38. The van der Waals surface area contributed by atoms with Gasteiger partial charge in [-0.05, 0) is 60.5 Å². The second-order valence-electron chi connectivity index (χ2n) is 6.05. The van der Waals surface area contributed by atoms with Crippen molar-refractivity contribution in [3.63, 3.8) is 0 Å². The molecule has 0 saturated carbocycles. The van der Waals surface area contributed by atoms with Crippen molar-refractivity contribution in [2.75, 3.05) is 0 Å². The number of nitrogens with one attached hydrogen (secondary N) is 1. The lowest BCUT2D eigenvalue weighted by Gasteiger charge is -2.19. The number of halogens is 1. The smallest absolute Gasteiger partial charge is 0.261 e. The molecule has 1 amide bonds. The van der Waals surface area contributed by atoms with E-state index in [2.05, 4.69) is 29.6 Å². The van der Waals surface area contributed by atoms with Gasteiger partial charge in [-0.1, -0.05) is 48.0 Å². The normalized spacial score (nSPS) is 13.2. The molecule has 4 heteroatoms. The molecule has 1 N–H and O–H groups in total. The number of hydrogen-bond acceptors (Lipinski definition) is 2. The van der Waals surface area contributed by atoms with Gasteiger partial charge in [-0.15, -0.1) is 0 Å². The number of ether oxygens (including phenoxy) is 1. The van der Waals surface area contributed by atoms with E-state index in [-0.39, 0.29) is 11.9 Å². The minimum absolute atomic E-state index is 0.103. The van der Waals surface area contributed by atoms with E-state index in [0.29, 0.717) is 10.8 Å². The van der Waals surface area contributed by atoms with Gasteiger partial charge in [0, 0.05) is 5.02 Å². The lowest BCUT2D eigenvalue weighted by atomic mass is 10.0. The molecule has 25 heavy (non-hydrogen) atoms. The number of rotatable bonds is 5. The second-order valence-corrected chi connectivity index (χ2v) is 6.49. The molecule has 0 unspecified atom stereocenters. The van der Waals surface area contributed by atoms with Crippen LogP contribution in [0.5, 0.6) is 5.75 Å². The van der Waals surface area contributed by atoms with Crippen molar-refractivity contribution in [2.45, 2.75) is 26.0 Å². The number of amides is 1. The zero-order valence-corrected chi connectivity index (χ0v) is 15.0. The predicted octanol–water partition coefficient (Wildman–Crippen LogP) is 5.14. The summed E-state index contributed by atoms with van der Waals surface area (Å²) in [6.45, 7) is 3.70. The Balaban J connectivity index is 1.65. The van der Waals surface area contributed by atoms with Gasteiger partial charge in [-0.2, -0.15) is 0 Å². The fourth-order valence-electron chi connectivity index (χ4n) is 2.66. The van der Waals surface area contributed by atoms with Crippen LogP contribution in [0.1, 0.15) is 25.5 Å². The zero-order chi connectivity index (χ0) is 17.8. The van der Waals surface area contributed by atoms with Crippen LogP contribution in [0.4, 0.5) is 0 Å². The molecule has 3 aromatic rings. The maximum Gasteiger partial charge on any atom is 0.261 e. The average molecular weight is 354 g/mol. The van der Waals surface area contributed by atoms with Crippen molar-refractivity contribution in [1.29, 1.82) is 0 Å². The van der Waals surface area contributed by atoms with Crippen molar-refractivity contribution in [2.24, 2.45) is 0 Å². The summed E-state index contributed by atoms with van der Waals surface area (Å²) in [5, 5.41) is 5.98. The van der Waals surface area contributed by atoms with Crippen LogP contribution in [0.3, 0.4) is 0 Å². The van der Waals surface area contributed by atoms with Crippen molar-refractivity contribution < 1.29 is 9.53 Å². The lowest BCUT2D eigenvalue weighted by molar-refractivity contribution is -0.127. The molecular weight excluding hydrogens is 334 g/mol. The summed E-state index contributed by atoms with van der Waals surface area (Å²) in [4.78, 5) is 12.4. The van der Waals surface area contributed by atoms with Crippen molar-refractivity contribution in [3.05, 3.63) is 77.3 Å². The summed E-state index contributed by atoms with van der Waals surface area (Å²) in [7, 11) is 0. The fraction of sp³-hybridized carbons (Fsp3) is 0.190. The predicted molar refractivity (Wildman–Crippen MR) is 102 cm³/mol. The van der Waals surface area contributed by atoms with Gasteiger partial charge in [-0.3, -0.25) is 4.79 Å². The molecule has 0 aliphatic heterocycles. The molecule has 0 radical (unpaired) electrons. The van der Waals surface area contributed by atoms with E-state index in [4.69, 9.17) is 16.3 Å². The van der Waals surface area contributed by atoms with Gasteiger partial charge in [0.15, 0.2) is 6.10 Å². The highest BCUT2D eigenvalue weighted by Crippen LogP contribution is 2.21. The van der Waals surface area contributed by atoms with Crippen LogP contribution in [0, 0.1) is 0 Å². The van der Waals surface area contributed by atoms with Crippen LogP contribution < -0.4 is 10.1 Å². The van der Waals surface area contributed by atoms with Crippen molar-refractivity contribution >= 4 is 28.3 Å². The topological polar surface area (TPSA) is 38.3 Å². The Hall–Kier alpha value is -2.52. The highest BCUT2D eigenvalue weighted by Gasteiger charge is 2.18. The molecule has 128 valence electrons. The monoisotopic (exact) mass is 353 g/mol.